The number of anilines is 4. The van der Waals surface area contributed by atoms with E-state index in [2.05, 4.69) is 20.6 Å². The number of nitrogens with zero attached hydrogens (tertiary/aromatic N) is 2. The molecule has 6 nitrogen and oxygen atoms in total. The van der Waals surface area contributed by atoms with Crippen LogP contribution in [0.25, 0.3) is 0 Å². The van der Waals surface area contributed by atoms with Gasteiger partial charge in [-0.2, -0.15) is 4.98 Å². The molecular weight excluding hydrogens is 316 g/mol. The van der Waals surface area contributed by atoms with Gasteiger partial charge in [0.1, 0.15) is 17.3 Å². The fraction of sp³-hybridized carbons (Fsp3) is 0.158. The third-order valence-corrected chi connectivity index (χ3v) is 3.44. The van der Waals surface area contributed by atoms with E-state index in [-0.39, 0.29) is 0 Å². The molecule has 0 aliphatic heterocycles. The third kappa shape index (κ3) is 4.60. The Kier molecular flexibility index (Phi) is 5.31. The smallest absolute Gasteiger partial charge is 0.229 e. The summed E-state index contributed by atoms with van der Waals surface area (Å²) in [6.45, 7) is 2.61. The Bertz CT molecular complexity index is 804. The van der Waals surface area contributed by atoms with Crippen LogP contribution in [0.4, 0.5) is 23.1 Å². The van der Waals surface area contributed by atoms with E-state index in [4.69, 9.17) is 9.47 Å². The predicted molar refractivity (Wildman–Crippen MR) is 99.2 cm³/mol. The molecule has 6 heteroatoms. The minimum atomic E-state index is 0.515. The van der Waals surface area contributed by atoms with E-state index in [0.29, 0.717) is 18.4 Å². The van der Waals surface area contributed by atoms with Crippen molar-refractivity contribution in [1.82, 2.24) is 9.97 Å². The quantitative estimate of drug-likeness (QED) is 0.668. The van der Waals surface area contributed by atoms with Crippen LogP contribution in [0.2, 0.25) is 0 Å². The van der Waals surface area contributed by atoms with Gasteiger partial charge in [-0.1, -0.05) is 0 Å². The zero-order valence-corrected chi connectivity index (χ0v) is 14.2. The van der Waals surface area contributed by atoms with Gasteiger partial charge in [0.25, 0.3) is 0 Å². The first kappa shape index (κ1) is 16.6. The van der Waals surface area contributed by atoms with Crippen molar-refractivity contribution in [3.8, 4) is 11.5 Å². The van der Waals surface area contributed by atoms with Gasteiger partial charge in [-0.05, 0) is 61.5 Å². The van der Waals surface area contributed by atoms with Gasteiger partial charge in [0.2, 0.25) is 5.95 Å². The molecule has 0 unspecified atom stereocenters. The molecule has 128 valence electrons. The molecule has 0 fully saturated rings. The largest absolute Gasteiger partial charge is 0.497 e. The zero-order chi connectivity index (χ0) is 17.5. The summed E-state index contributed by atoms with van der Waals surface area (Å²) in [6.07, 6.45) is 1.70. The van der Waals surface area contributed by atoms with Crippen molar-refractivity contribution in [2.45, 2.75) is 6.92 Å². The summed E-state index contributed by atoms with van der Waals surface area (Å²) in [5, 5.41) is 6.42. The lowest BCUT2D eigenvalue weighted by Gasteiger charge is -2.09. The van der Waals surface area contributed by atoms with Crippen molar-refractivity contribution in [2.24, 2.45) is 0 Å². The fourth-order valence-electron chi connectivity index (χ4n) is 2.24. The van der Waals surface area contributed by atoms with Gasteiger partial charge >= 0.3 is 0 Å². The second-order valence-electron chi connectivity index (χ2n) is 5.20. The molecule has 0 saturated carbocycles. The first-order valence-electron chi connectivity index (χ1n) is 8.01. The standard InChI is InChI=1S/C19H20N4O2/c1-3-25-17-10-6-14(7-11-17)21-18-12-13-20-19(23-18)22-15-4-8-16(24-2)9-5-15/h4-13H,3H2,1-2H3,(H2,20,21,22,23). The maximum atomic E-state index is 5.44. The van der Waals surface area contributed by atoms with Gasteiger partial charge in [-0.15, -0.1) is 0 Å². The molecule has 0 radical (unpaired) electrons. The maximum Gasteiger partial charge on any atom is 0.229 e. The molecule has 25 heavy (non-hydrogen) atoms. The summed E-state index contributed by atoms with van der Waals surface area (Å²) in [4.78, 5) is 8.71. The van der Waals surface area contributed by atoms with Gasteiger partial charge in [0.15, 0.2) is 0 Å². The Labute approximate surface area is 146 Å². The predicted octanol–water partition coefficient (Wildman–Crippen LogP) is 4.37. The average Bonchev–Trinajstić information content (AvgIpc) is 2.65. The lowest BCUT2D eigenvalue weighted by atomic mass is 10.3. The van der Waals surface area contributed by atoms with E-state index < -0.39 is 0 Å². The highest BCUT2D eigenvalue weighted by atomic mass is 16.5. The van der Waals surface area contributed by atoms with Gasteiger partial charge < -0.3 is 20.1 Å². The van der Waals surface area contributed by atoms with Crippen molar-refractivity contribution in [3.63, 3.8) is 0 Å². The van der Waals surface area contributed by atoms with Gasteiger partial charge in [-0.3, -0.25) is 0 Å². The van der Waals surface area contributed by atoms with Crippen molar-refractivity contribution in [1.29, 1.82) is 0 Å². The highest BCUT2D eigenvalue weighted by Crippen LogP contribution is 2.21. The Morgan fingerprint density at radius 3 is 2.12 bits per heavy atom. The molecular formula is C19H20N4O2. The molecule has 0 atom stereocenters. The van der Waals surface area contributed by atoms with Crippen LogP contribution in [0.3, 0.4) is 0 Å². The molecule has 0 aliphatic carbocycles. The molecule has 0 amide bonds. The number of methoxy groups -OCH3 is 1. The summed E-state index contributed by atoms with van der Waals surface area (Å²) in [7, 11) is 1.64. The SMILES string of the molecule is CCOc1ccc(Nc2ccnc(Nc3ccc(OC)cc3)n2)cc1. The normalized spacial score (nSPS) is 10.2. The summed E-state index contributed by atoms with van der Waals surface area (Å²) in [5.41, 5.74) is 1.82. The monoisotopic (exact) mass is 336 g/mol. The molecule has 1 aromatic heterocycles. The Morgan fingerprint density at radius 1 is 0.840 bits per heavy atom. The molecule has 3 aromatic rings. The Hall–Kier alpha value is -3.28. The Balaban J connectivity index is 1.68. The Morgan fingerprint density at radius 2 is 1.48 bits per heavy atom. The minimum absolute atomic E-state index is 0.515. The molecule has 0 spiro atoms. The van der Waals surface area contributed by atoms with E-state index in [1.807, 2.05) is 61.5 Å². The van der Waals surface area contributed by atoms with Crippen molar-refractivity contribution >= 4 is 23.1 Å². The summed E-state index contributed by atoms with van der Waals surface area (Å²) < 4.78 is 10.6. The highest BCUT2D eigenvalue weighted by Gasteiger charge is 2.02. The summed E-state index contributed by atoms with van der Waals surface area (Å²) >= 11 is 0. The van der Waals surface area contributed by atoms with Gasteiger partial charge in [-0.25, -0.2) is 4.98 Å². The number of hydrogen-bond acceptors (Lipinski definition) is 6. The number of hydrogen-bond donors (Lipinski definition) is 2. The molecule has 2 N–H and O–H groups in total. The van der Waals surface area contributed by atoms with Gasteiger partial charge in [0, 0.05) is 17.6 Å². The fourth-order valence-corrected chi connectivity index (χ4v) is 2.24. The van der Waals surface area contributed by atoms with Crippen LogP contribution < -0.4 is 20.1 Å². The van der Waals surface area contributed by atoms with Gasteiger partial charge in [0.05, 0.1) is 13.7 Å². The van der Waals surface area contributed by atoms with E-state index in [1.54, 1.807) is 13.3 Å². The topological polar surface area (TPSA) is 68.3 Å². The van der Waals surface area contributed by atoms with Crippen molar-refractivity contribution in [3.05, 3.63) is 60.8 Å². The second kappa shape index (κ2) is 8.01. The minimum Gasteiger partial charge on any atom is -0.497 e. The van der Waals surface area contributed by atoms with E-state index in [1.165, 1.54) is 0 Å². The van der Waals surface area contributed by atoms with Crippen molar-refractivity contribution < 1.29 is 9.47 Å². The molecule has 3 rings (SSSR count). The van der Waals surface area contributed by atoms with E-state index in [0.717, 1.165) is 22.9 Å². The zero-order valence-electron chi connectivity index (χ0n) is 14.2. The number of ether oxygens (including phenoxy) is 2. The molecule has 1 heterocycles. The van der Waals surface area contributed by atoms with Crippen LogP contribution in [0.5, 0.6) is 11.5 Å². The average molecular weight is 336 g/mol. The van der Waals surface area contributed by atoms with Crippen LogP contribution in [0.1, 0.15) is 6.92 Å². The lowest BCUT2D eigenvalue weighted by Crippen LogP contribution is -2.00. The highest BCUT2D eigenvalue weighted by molar-refractivity contribution is 5.60. The second-order valence-corrected chi connectivity index (χ2v) is 5.20. The first-order chi connectivity index (χ1) is 12.3. The lowest BCUT2D eigenvalue weighted by molar-refractivity contribution is 0.340. The van der Waals surface area contributed by atoms with E-state index in [9.17, 15) is 0 Å². The third-order valence-electron chi connectivity index (χ3n) is 3.44. The number of rotatable bonds is 7. The number of aromatic nitrogens is 2. The van der Waals surface area contributed by atoms with Crippen LogP contribution in [0, 0.1) is 0 Å². The van der Waals surface area contributed by atoms with E-state index >= 15 is 0 Å². The summed E-state index contributed by atoms with van der Waals surface area (Å²) in [5.74, 6) is 2.87. The number of benzene rings is 2. The van der Waals surface area contributed by atoms with Crippen LogP contribution >= 0.6 is 0 Å². The van der Waals surface area contributed by atoms with Crippen LogP contribution in [-0.2, 0) is 0 Å². The number of nitrogens with one attached hydrogen (secondary N) is 2. The van der Waals surface area contributed by atoms with Crippen LogP contribution in [0.15, 0.2) is 60.8 Å². The van der Waals surface area contributed by atoms with Crippen molar-refractivity contribution in [2.75, 3.05) is 24.4 Å². The molecule has 0 aliphatic rings. The maximum absolute atomic E-state index is 5.44. The molecule has 0 bridgehead atoms. The molecule has 2 aromatic carbocycles. The summed E-state index contributed by atoms with van der Waals surface area (Å²) in [6, 6.07) is 17.1. The van der Waals surface area contributed by atoms with Crippen LogP contribution in [-0.4, -0.2) is 23.7 Å². The molecule has 0 saturated heterocycles. The first-order valence-corrected chi connectivity index (χ1v) is 8.01.